The van der Waals surface area contributed by atoms with Gasteiger partial charge in [0.05, 0.1) is 0 Å². The fourth-order valence-corrected chi connectivity index (χ4v) is 1.75. The lowest BCUT2D eigenvalue weighted by molar-refractivity contribution is -0.123. The van der Waals surface area contributed by atoms with Crippen molar-refractivity contribution < 1.29 is 4.79 Å². The molecule has 1 rings (SSSR count). The maximum Gasteiger partial charge on any atom is 0.242 e. The van der Waals surface area contributed by atoms with Gasteiger partial charge in [0, 0.05) is 16.2 Å². The van der Waals surface area contributed by atoms with Crippen LogP contribution < -0.4 is 10.6 Å². The van der Waals surface area contributed by atoms with E-state index in [1.165, 1.54) is 0 Å². The van der Waals surface area contributed by atoms with Crippen LogP contribution in [-0.4, -0.2) is 17.5 Å². The van der Waals surface area contributed by atoms with Crippen molar-refractivity contribution in [3.8, 4) is 0 Å². The largest absolute Gasteiger partial charge is 0.374 e. The topological polar surface area (TPSA) is 41.1 Å². The van der Waals surface area contributed by atoms with Crippen LogP contribution in [0, 0.1) is 6.92 Å². The minimum atomic E-state index is -0.303. The molecule has 2 N–H and O–H groups in total. The average Bonchev–Trinajstić information content (AvgIpc) is 2.33. The number of benzene rings is 1. The quantitative estimate of drug-likeness (QED) is 0.863. The SMILES string of the molecule is CCC(C)(C)NC(=O)C(C)Nc1cc(Cl)ccc1C. The van der Waals surface area contributed by atoms with Crippen LogP contribution in [-0.2, 0) is 4.79 Å². The van der Waals surface area contributed by atoms with Gasteiger partial charge in [0.25, 0.3) is 0 Å². The van der Waals surface area contributed by atoms with E-state index >= 15 is 0 Å². The van der Waals surface area contributed by atoms with Gasteiger partial charge in [-0.1, -0.05) is 24.6 Å². The first-order valence-electron chi connectivity index (χ1n) is 6.60. The third-order valence-electron chi connectivity index (χ3n) is 3.31. The van der Waals surface area contributed by atoms with E-state index in [1.807, 2.05) is 45.9 Å². The number of nitrogens with one attached hydrogen (secondary N) is 2. The van der Waals surface area contributed by atoms with Crippen molar-refractivity contribution in [2.24, 2.45) is 0 Å². The Bertz CT molecular complexity index is 457. The van der Waals surface area contributed by atoms with Crippen LogP contribution >= 0.6 is 11.6 Å². The van der Waals surface area contributed by atoms with Gasteiger partial charge in [-0.3, -0.25) is 4.79 Å². The fraction of sp³-hybridized carbons (Fsp3) is 0.533. The second-order valence-electron chi connectivity index (χ2n) is 5.55. The zero-order chi connectivity index (χ0) is 14.6. The predicted octanol–water partition coefficient (Wildman–Crippen LogP) is 3.75. The molecule has 1 amide bonds. The fourth-order valence-electron chi connectivity index (χ4n) is 1.58. The molecule has 0 bridgehead atoms. The highest BCUT2D eigenvalue weighted by Gasteiger charge is 2.21. The van der Waals surface area contributed by atoms with Crippen LogP contribution in [0.25, 0.3) is 0 Å². The van der Waals surface area contributed by atoms with Crippen LogP contribution in [0.3, 0.4) is 0 Å². The average molecular weight is 283 g/mol. The number of rotatable bonds is 5. The number of amides is 1. The van der Waals surface area contributed by atoms with Crippen molar-refractivity contribution in [2.45, 2.75) is 52.6 Å². The van der Waals surface area contributed by atoms with Crippen LogP contribution in [0.15, 0.2) is 18.2 Å². The van der Waals surface area contributed by atoms with Gasteiger partial charge in [-0.15, -0.1) is 0 Å². The van der Waals surface area contributed by atoms with Crippen LogP contribution in [0.5, 0.6) is 0 Å². The Labute approximate surface area is 120 Å². The van der Waals surface area contributed by atoms with Gasteiger partial charge >= 0.3 is 0 Å². The molecule has 1 aromatic rings. The molecule has 0 spiro atoms. The molecule has 0 saturated carbocycles. The molecule has 19 heavy (non-hydrogen) atoms. The van der Waals surface area contributed by atoms with E-state index in [9.17, 15) is 4.79 Å². The summed E-state index contributed by atoms with van der Waals surface area (Å²) in [6, 6.07) is 5.31. The normalized spacial score (nSPS) is 12.9. The minimum Gasteiger partial charge on any atom is -0.374 e. The summed E-state index contributed by atoms with van der Waals surface area (Å²) in [5.74, 6) is -0.00812. The lowest BCUT2D eigenvalue weighted by Gasteiger charge is -2.27. The summed E-state index contributed by atoms with van der Waals surface area (Å²) >= 11 is 5.97. The summed E-state index contributed by atoms with van der Waals surface area (Å²) in [6.45, 7) is 9.92. The molecular weight excluding hydrogens is 260 g/mol. The second kappa shape index (κ2) is 6.29. The molecule has 0 aliphatic heterocycles. The first-order valence-corrected chi connectivity index (χ1v) is 6.97. The maximum absolute atomic E-state index is 12.1. The van der Waals surface area contributed by atoms with Crippen molar-refractivity contribution in [1.82, 2.24) is 5.32 Å². The van der Waals surface area contributed by atoms with Crippen LogP contribution in [0.4, 0.5) is 5.69 Å². The molecule has 1 atom stereocenters. The van der Waals surface area contributed by atoms with E-state index < -0.39 is 0 Å². The zero-order valence-electron chi connectivity index (χ0n) is 12.3. The summed E-state index contributed by atoms with van der Waals surface area (Å²) in [5.41, 5.74) is 1.78. The lowest BCUT2D eigenvalue weighted by atomic mass is 10.0. The summed E-state index contributed by atoms with van der Waals surface area (Å²) in [5, 5.41) is 6.89. The Kier molecular flexibility index (Phi) is 5.24. The molecule has 0 heterocycles. The van der Waals surface area contributed by atoms with Crippen molar-refractivity contribution in [2.75, 3.05) is 5.32 Å². The summed E-state index contributed by atoms with van der Waals surface area (Å²) < 4.78 is 0. The Morgan fingerprint density at radius 3 is 2.63 bits per heavy atom. The standard InChI is InChI=1S/C15H23ClN2O/c1-6-15(4,5)18-14(19)11(3)17-13-9-12(16)8-7-10(13)2/h7-9,11,17H,6H2,1-5H3,(H,18,19). The van der Waals surface area contributed by atoms with E-state index in [4.69, 9.17) is 11.6 Å². The molecule has 0 saturated heterocycles. The highest BCUT2D eigenvalue weighted by Crippen LogP contribution is 2.21. The Morgan fingerprint density at radius 1 is 1.42 bits per heavy atom. The molecule has 0 aliphatic carbocycles. The van der Waals surface area contributed by atoms with Gasteiger partial charge in [0.1, 0.15) is 6.04 Å². The van der Waals surface area contributed by atoms with E-state index in [-0.39, 0.29) is 17.5 Å². The molecule has 4 heteroatoms. The summed E-state index contributed by atoms with van der Waals surface area (Å²) in [7, 11) is 0. The molecular formula is C15H23ClN2O. The third-order valence-corrected chi connectivity index (χ3v) is 3.55. The molecule has 3 nitrogen and oxygen atoms in total. The highest BCUT2D eigenvalue weighted by atomic mass is 35.5. The number of carbonyl (C=O) groups is 1. The molecule has 106 valence electrons. The molecule has 0 aromatic heterocycles. The number of carbonyl (C=O) groups excluding carboxylic acids is 1. The predicted molar refractivity (Wildman–Crippen MR) is 81.8 cm³/mol. The van der Waals surface area contributed by atoms with Crippen molar-refractivity contribution in [3.63, 3.8) is 0 Å². The van der Waals surface area contributed by atoms with E-state index in [2.05, 4.69) is 17.6 Å². The highest BCUT2D eigenvalue weighted by molar-refractivity contribution is 6.30. The lowest BCUT2D eigenvalue weighted by Crippen LogP contribution is -2.48. The van der Waals surface area contributed by atoms with Gasteiger partial charge < -0.3 is 10.6 Å². The Hall–Kier alpha value is -1.22. The smallest absolute Gasteiger partial charge is 0.242 e. The van der Waals surface area contributed by atoms with Gasteiger partial charge in [0.2, 0.25) is 5.91 Å². The Balaban J connectivity index is 2.71. The van der Waals surface area contributed by atoms with Crippen molar-refractivity contribution in [1.29, 1.82) is 0 Å². The monoisotopic (exact) mass is 282 g/mol. The van der Waals surface area contributed by atoms with Gasteiger partial charge in [-0.05, 0) is 51.8 Å². The number of hydrogen-bond acceptors (Lipinski definition) is 2. The Morgan fingerprint density at radius 2 is 2.05 bits per heavy atom. The molecule has 1 unspecified atom stereocenters. The van der Waals surface area contributed by atoms with E-state index in [1.54, 1.807) is 0 Å². The van der Waals surface area contributed by atoms with Gasteiger partial charge in [-0.2, -0.15) is 0 Å². The van der Waals surface area contributed by atoms with Crippen LogP contribution in [0.2, 0.25) is 5.02 Å². The molecule has 0 aliphatic rings. The molecule has 1 aromatic carbocycles. The zero-order valence-corrected chi connectivity index (χ0v) is 13.1. The van der Waals surface area contributed by atoms with Crippen molar-refractivity contribution in [3.05, 3.63) is 28.8 Å². The first-order chi connectivity index (χ1) is 8.75. The first kappa shape index (κ1) is 15.8. The number of hydrogen-bond donors (Lipinski definition) is 2. The van der Waals surface area contributed by atoms with Gasteiger partial charge in [0.15, 0.2) is 0 Å². The minimum absolute atomic E-state index is 0.00812. The third kappa shape index (κ3) is 4.75. The van der Waals surface area contributed by atoms with Crippen molar-refractivity contribution >= 4 is 23.2 Å². The number of anilines is 1. The van der Waals surface area contributed by atoms with Crippen LogP contribution in [0.1, 0.15) is 39.7 Å². The van der Waals surface area contributed by atoms with E-state index in [0.717, 1.165) is 17.7 Å². The maximum atomic E-state index is 12.1. The molecule has 0 radical (unpaired) electrons. The summed E-state index contributed by atoms with van der Waals surface area (Å²) in [4.78, 5) is 12.1. The number of aryl methyl sites for hydroxylation is 1. The summed E-state index contributed by atoms with van der Waals surface area (Å²) in [6.07, 6.45) is 0.891. The second-order valence-corrected chi connectivity index (χ2v) is 5.99. The number of halogens is 1. The molecule has 0 fully saturated rings. The van der Waals surface area contributed by atoms with E-state index in [0.29, 0.717) is 5.02 Å². The van der Waals surface area contributed by atoms with Gasteiger partial charge in [-0.25, -0.2) is 0 Å².